The highest BCUT2D eigenvalue weighted by Crippen LogP contribution is 2.09. The van der Waals surface area contributed by atoms with Gasteiger partial charge in [-0.15, -0.1) is 0 Å². The van der Waals surface area contributed by atoms with Crippen LogP contribution in [-0.4, -0.2) is 72.6 Å². The van der Waals surface area contributed by atoms with Crippen LogP contribution in [0.4, 0.5) is 0 Å². The molecule has 2 rings (SSSR count). The summed E-state index contributed by atoms with van der Waals surface area (Å²) >= 11 is 0. The zero-order valence-electron chi connectivity index (χ0n) is 11.5. The van der Waals surface area contributed by atoms with Gasteiger partial charge in [0.05, 0.1) is 32.1 Å². The van der Waals surface area contributed by atoms with Crippen molar-refractivity contribution in [1.82, 2.24) is 15.0 Å². The summed E-state index contributed by atoms with van der Waals surface area (Å²) < 4.78 is 10.5. The van der Waals surface area contributed by atoms with Crippen molar-refractivity contribution in [3.8, 4) is 0 Å². The van der Waals surface area contributed by atoms with Gasteiger partial charge in [0.15, 0.2) is 5.76 Å². The molecule has 1 N–H and O–H groups in total. The Labute approximate surface area is 113 Å². The molecule has 0 radical (unpaired) electrons. The first kappa shape index (κ1) is 14.5. The third-order valence-corrected chi connectivity index (χ3v) is 3.31. The molecule has 1 aliphatic heterocycles. The fourth-order valence-corrected chi connectivity index (χ4v) is 2.24. The number of hydrogen-bond acceptors (Lipinski definition) is 6. The molecule has 0 amide bonds. The van der Waals surface area contributed by atoms with E-state index in [0.717, 1.165) is 50.7 Å². The summed E-state index contributed by atoms with van der Waals surface area (Å²) in [4.78, 5) is 4.77. The van der Waals surface area contributed by atoms with Crippen LogP contribution in [0.25, 0.3) is 0 Å². The van der Waals surface area contributed by atoms with Crippen molar-refractivity contribution >= 4 is 0 Å². The van der Waals surface area contributed by atoms with Crippen LogP contribution in [0.5, 0.6) is 0 Å². The average Bonchev–Trinajstić information content (AvgIpc) is 2.82. The minimum Gasteiger partial charge on any atom is -0.394 e. The van der Waals surface area contributed by atoms with Crippen molar-refractivity contribution in [3.05, 3.63) is 17.5 Å². The van der Waals surface area contributed by atoms with Gasteiger partial charge < -0.3 is 14.4 Å². The first-order valence-corrected chi connectivity index (χ1v) is 6.83. The molecule has 1 aliphatic rings. The van der Waals surface area contributed by atoms with E-state index in [0.29, 0.717) is 13.2 Å². The fraction of sp³-hybridized carbons (Fsp3) is 0.769. The van der Waals surface area contributed by atoms with E-state index in [1.807, 2.05) is 13.0 Å². The predicted octanol–water partition coefficient (Wildman–Crippen LogP) is 0.110. The average molecular weight is 269 g/mol. The summed E-state index contributed by atoms with van der Waals surface area (Å²) in [6, 6.07) is 2.00. The monoisotopic (exact) mass is 269 g/mol. The highest BCUT2D eigenvalue weighted by Gasteiger charge is 2.17. The maximum Gasteiger partial charge on any atom is 0.150 e. The number of aliphatic hydroxyl groups is 1. The molecule has 1 aromatic rings. The van der Waals surface area contributed by atoms with E-state index in [4.69, 9.17) is 14.4 Å². The summed E-state index contributed by atoms with van der Waals surface area (Å²) in [5, 5.41) is 12.5. The topological polar surface area (TPSA) is 62.0 Å². The van der Waals surface area contributed by atoms with E-state index in [2.05, 4.69) is 15.0 Å². The molecule has 1 saturated heterocycles. The van der Waals surface area contributed by atoms with Gasteiger partial charge >= 0.3 is 0 Å². The predicted molar refractivity (Wildman–Crippen MR) is 70.9 cm³/mol. The number of nitrogens with zero attached hydrogens (tertiary/aromatic N) is 3. The SMILES string of the molecule is Cc1cc(CN2CCN(CCOCCO)CC2)on1. The number of aliphatic hydroxyl groups excluding tert-OH is 1. The van der Waals surface area contributed by atoms with Crippen molar-refractivity contribution in [1.29, 1.82) is 0 Å². The van der Waals surface area contributed by atoms with Gasteiger partial charge in [-0.25, -0.2) is 0 Å². The van der Waals surface area contributed by atoms with E-state index in [9.17, 15) is 0 Å². The van der Waals surface area contributed by atoms with Crippen molar-refractivity contribution in [2.45, 2.75) is 13.5 Å². The Bertz CT molecular complexity index is 362. The lowest BCUT2D eigenvalue weighted by Crippen LogP contribution is -2.46. The summed E-state index contributed by atoms with van der Waals surface area (Å²) in [5.41, 5.74) is 0.940. The van der Waals surface area contributed by atoms with Crippen LogP contribution in [0.15, 0.2) is 10.6 Å². The van der Waals surface area contributed by atoms with Crippen LogP contribution >= 0.6 is 0 Å². The van der Waals surface area contributed by atoms with Crippen LogP contribution in [0, 0.1) is 6.92 Å². The highest BCUT2D eigenvalue weighted by atomic mass is 16.5. The molecule has 0 unspecified atom stereocenters. The van der Waals surface area contributed by atoms with Gasteiger partial charge in [0, 0.05) is 38.8 Å². The molecule has 108 valence electrons. The van der Waals surface area contributed by atoms with E-state index in [1.165, 1.54) is 0 Å². The quantitative estimate of drug-likeness (QED) is 0.709. The molecule has 1 aromatic heterocycles. The molecule has 0 saturated carbocycles. The molecular weight excluding hydrogens is 246 g/mol. The molecule has 6 nitrogen and oxygen atoms in total. The van der Waals surface area contributed by atoms with E-state index >= 15 is 0 Å². The molecule has 0 aliphatic carbocycles. The Kier molecular flexibility index (Phi) is 5.78. The third-order valence-electron chi connectivity index (χ3n) is 3.31. The van der Waals surface area contributed by atoms with Crippen LogP contribution in [0.2, 0.25) is 0 Å². The van der Waals surface area contributed by atoms with Gasteiger partial charge in [0.25, 0.3) is 0 Å². The maximum absolute atomic E-state index is 8.62. The number of aromatic nitrogens is 1. The van der Waals surface area contributed by atoms with Crippen molar-refractivity contribution in [3.63, 3.8) is 0 Å². The zero-order valence-corrected chi connectivity index (χ0v) is 11.5. The number of aryl methyl sites for hydroxylation is 1. The Balaban J connectivity index is 1.62. The van der Waals surface area contributed by atoms with Crippen molar-refractivity contribution in [2.24, 2.45) is 0 Å². The molecule has 2 heterocycles. The van der Waals surface area contributed by atoms with Crippen molar-refractivity contribution in [2.75, 3.05) is 52.5 Å². The van der Waals surface area contributed by atoms with Gasteiger partial charge in [-0.3, -0.25) is 9.80 Å². The van der Waals surface area contributed by atoms with Crippen LogP contribution in [-0.2, 0) is 11.3 Å². The molecule has 0 spiro atoms. The largest absolute Gasteiger partial charge is 0.394 e. The summed E-state index contributed by atoms with van der Waals surface area (Å²) in [6.07, 6.45) is 0. The summed E-state index contributed by atoms with van der Waals surface area (Å²) in [7, 11) is 0. The normalized spacial score (nSPS) is 18.0. The first-order valence-electron chi connectivity index (χ1n) is 6.83. The van der Waals surface area contributed by atoms with Gasteiger partial charge in [-0.1, -0.05) is 5.16 Å². The second kappa shape index (κ2) is 7.59. The lowest BCUT2D eigenvalue weighted by molar-refractivity contribution is 0.0548. The first-order chi connectivity index (χ1) is 9.28. The minimum absolute atomic E-state index is 0.102. The smallest absolute Gasteiger partial charge is 0.150 e. The zero-order chi connectivity index (χ0) is 13.5. The maximum atomic E-state index is 8.62. The summed E-state index contributed by atoms with van der Waals surface area (Å²) in [5.74, 6) is 0.942. The van der Waals surface area contributed by atoms with Gasteiger partial charge in [-0.05, 0) is 6.92 Å². The second-order valence-electron chi connectivity index (χ2n) is 4.89. The lowest BCUT2D eigenvalue weighted by Gasteiger charge is -2.33. The Morgan fingerprint density at radius 3 is 2.63 bits per heavy atom. The Morgan fingerprint density at radius 1 is 1.26 bits per heavy atom. The number of rotatable bonds is 7. The number of piperazine rings is 1. The molecule has 1 fully saturated rings. The standard InChI is InChI=1S/C13H23N3O3/c1-12-10-13(19-14-12)11-16-4-2-15(3-5-16)6-8-18-9-7-17/h10,17H,2-9,11H2,1H3. The van der Waals surface area contributed by atoms with E-state index in [1.54, 1.807) is 0 Å². The molecular formula is C13H23N3O3. The molecule has 0 bridgehead atoms. The van der Waals surface area contributed by atoms with Gasteiger partial charge in [0.2, 0.25) is 0 Å². The summed E-state index contributed by atoms with van der Waals surface area (Å²) in [6.45, 7) is 9.14. The second-order valence-corrected chi connectivity index (χ2v) is 4.89. The Hall–Kier alpha value is -0.950. The number of hydrogen-bond donors (Lipinski definition) is 1. The van der Waals surface area contributed by atoms with E-state index < -0.39 is 0 Å². The minimum atomic E-state index is 0.102. The van der Waals surface area contributed by atoms with Crippen LogP contribution < -0.4 is 0 Å². The highest BCUT2D eigenvalue weighted by molar-refractivity contribution is 5.02. The third kappa shape index (κ3) is 4.91. The lowest BCUT2D eigenvalue weighted by atomic mass is 10.3. The molecule has 19 heavy (non-hydrogen) atoms. The van der Waals surface area contributed by atoms with Crippen molar-refractivity contribution < 1.29 is 14.4 Å². The van der Waals surface area contributed by atoms with Crippen LogP contribution in [0.1, 0.15) is 11.5 Å². The van der Waals surface area contributed by atoms with E-state index in [-0.39, 0.29) is 6.61 Å². The van der Waals surface area contributed by atoms with Gasteiger partial charge in [0.1, 0.15) is 0 Å². The molecule has 0 aromatic carbocycles. The van der Waals surface area contributed by atoms with Gasteiger partial charge in [-0.2, -0.15) is 0 Å². The molecule has 6 heteroatoms. The molecule has 0 atom stereocenters. The Morgan fingerprint density at radius 2 is 2.00 bits per heavy atom. The number of ether oxygens (including phenoxy) is 1. The van der Waals surface area contributed by atoms with Crippen LogP contribution in [0.3, 0.4) is 0 Å². The fourth-order valence-electron chi connectivity index (χ4n) is 2.24.